The second-order valence-electron chi connectivity index (χ2n) is 7.18. The number of nitrogens with zero attached hydrogens (tertiary/aromatic N) is 3. The molecule has 1 N–H and O–H groups in total. The van der Waals surface area contributed by atoms with Crippen LogP contribution < -0.4 is 5.32 Å². The number of hydrogen-bond acceptors (Lipinski definition) is 4. The first-order chi connectivity index (χ1) is 13.6. The molecule has 0 saturated heterocycles. The lowest BCUT2D eigenvalue weighted by atomic mass is 10.1. The lowest BCUT2D eigenvalue weighted by molar-refractivity contribution is -0.132. The number of aromatic nitrogens is 2. The highest BCUT2D eigenvalue weighted by molar-refractivity contribution is 6.04. The predicted molar refractivity (Wildman–Crippen MR) is 108 cm³/mol. The Morgan fingerprint density at radius 2 is 1.86 bits per heavy atom. The summed E-state index contributed by atoms with van der Waals surface area (Å²) in [5, 5.41) is 3.92. The number of carbonyl (C=O) groups excluding carboxylic acids is 2. The van der Waals surface area contributed by atoms with E-state index in [1.165, 1.54) is 0 Å². The van der Waals surface area contributed by atoms with Crippen LogP contribution in [0.1, 0.15) is 12.0 Å². The van der Waals surface area contributed by atoms with Gasteiger partial charge in [0, 0.05) is 37.6 Å². The van der Waals surface area contributed by atoms with Crippen LogP contribution in [0.4, 0.5) is 5.69 Å². The van der Waals surface area contributed by atoms with Gasteiger partial charge in [0.25, 0.3) is 0 Å². The van der Waals surface area contributed by atoms with Gasteiger partial charge >= 0.3 is 0 Å². The minimum atomic E-state index is -0.269. The zero-order valence-electron chi connectivity index (χ0n) is 15.7. The molecule has 0 bridgehead atoms. The molecule has 0 spiro atoms. The smallest absolute Gasteiger partial charge is 0.228 e. The molecule has 1 aliphatic carbocycles. The number of hydrogen-bond donors (Lipinski definition) is 1. The third-order valence-corrected chi connectivity index (χ3v) is 5.20. The zero-order valence-corrected chi connectivity index (χ0v) is 15.7. The number of amides is 2. The van der Waals surface area contributed by atoms with E-state index in [4.69, 9.17) is 0 Å². The van der Waals surface area contributed by atoms with Crippen LogP contribution in [0, 0.1) is 11.8 Å². The Morgan fingerprint density at radius 3 is 2.68 bits per heavy atom. The highest BCUT2D eigenvalue weighted by atomic mass is 16.2. The molecule has 1 fully saturated rings. The summed E-state index contributed by atoms with van der Waals surface area (Å²) in [6, 6.07) is 13.4. The van der Waals surface area contributed by atoms with Crippen LogP contribution in [0.25, 0.3) is 10.9 Å². The number of para-hydroxylation sites is 1. The van der Waals surface area contributed by atoms with Gasteiger partial charge in [-0.2, -0.15) is 0 Å². The van der Waals surface area contributed by atoms with Crippen molar-refractivity contribution in [3.8, 4) is 0 Å². The molecule has 4 rings (SSSR count). The van der Waals surface area contributed by atoms with Crippen LogP contribution in [0.2, 0.25) is 0 Å². The highest BCUT2D eigenvalue weighted by Crippen LogP contribution is 2.41. The first-order valence-corrected chi connectivity index (χ1v) is 9.42. The number of anilines is 1. The third kappa shape index (κ3) is 3.86. The van der Waals surface area contributed by atoms with Gasteiger partial charge < -0.3 is 10.2 Å². The summed E-state index contributed by atoms with van der Waals surface area (Å²) in [7, 11) is 1.80. The third-order valence-electron chi connectivity index (χ3n) is 5.20. The van der Waals surface area contributed by atoms with Crippen molar-refractivity contribution in [3.05, 3.63) is 66.6 Å². The van der Waals surface area contributed by atoms with Crippen LogP contribution in [0.15, 0.2) is 61.1 Å². The van der Waals surface area contributed by atoms with Crippen LogP contribution in [0.5, 0.6) is 0 Å². The Morgan fingerprint density at radius 1 is 1.07 bits per heavy atom. The van der Waals surface area contributed by atoms with Gasteiger partial charge in [-0.05, 0) is 42.7 Å². The van der Waals surface area contributed by atoms with Gasteiger partial charge in [-0.15, -0.1) is 0 Å². The van der Waals surface area contributed by atoms with Gasteiger partial charge in [0.1, 0.15) is 0 Å². The molecular formula is C22H22N4O2. The van der Waals surface area contributed by atoms with E-state index in [1.54, 1.807) is 30.5 Å². The van der Waals surface area contributed by atoms with Gasteiger partial charge in [-0.1, -0.05) is 18.2 Å². The summed E-state index contributed by atoms with van der Waals surface area (Å²) in [6.07, 6.45) is 6.58. The molecule has 2 atom stereocenters. The molecule has 6 nitrogen and oxygen atoms in total. The molecule has 28 heavy (non-hydrogen) atoms. The predicted octanol–water partition coefficient (Wildman–Crippen LogP) is 2.91. The fourth-order valence-electron chi connectivity index (χ4n) is 3.43. The Bertz CT molecular complexity index is 1000. The Kier molecular flexibility index (Phi) is 5.02. The average molecular weight is 374 g/mol. The van der Waals surface area contributed by atoms with Crippen LogP contribution in [-0.2, 0) is 16.0 Å². The summed E-state index contributed by atoms with van der Waals surface area (Å²) in [5.41, 5.74) is 2.59. The maximum absolute atomic E-state index is 12.6. The number of fused-ring (bicyclic) bond motifs is 1. The molecule has 0 aliphatic heterocycles. The Hall–Kier alpha value is -3.28. The van der Waals surface area contributed by atoms with Crippen molar-refractivity contribution >= 4 is 28.4 Å². The quantitative estimate of drug-likeness (QED) is 0.720. The topological polar surface area (TPSA) is 75.2 Å². The highest BCUT2D eigenvalue weighted by Gasteiger charge is 2.49. The largest absolute Gasteiger partial charge is 0.345 e. The van der Waals surface area contributed by atoms with E-state index in [1.807, 2.05) is 42.5 Å². The first kappa shape index (κ1) is 18.1. The Balaban J connectivity index is 1.34. The number of likely N-dealkylation sites (N-methyl/N-ethyl adjacent to an activating group) is 1. The normalized spacial score (nSPS) is 17.9. The molecule has 142 valence electrons. The van der Waals surface area contributed by atoms with Gasteiger partial charge in [-0.25, -0.2) is 0 Å². The SMILES string of the molecule is CN(CCc1ccncc1)C(=O)C1CC1C(=O)Nc1cccc2cccnc12. The average Bonchev–Trinajstić information content (AvgIpc) is 3.53. The van der Waals surface area contributed by atoms with E-state index in [-0.39, 0.29) is 23.7 Å². The van der Waals surface area contributed by atoms with Crippen molar-refractivity contribution in [3.63, 3.8) is 0 Å². The second kappa shape index (κ2) is 7.76. The number of pyridine rings is 2. The van der Waals surface area contributed by atoms with Crippen LogP contribution in [-0.4, -0.2) is 40.3 Å². The van der Waals surface area contributed by atoms with Crippen molar-refractivity contribution in [2.24, 2.45) is 11.8 Å². The van der Waals surface area contributed by atoms with Crippen LogP contribution in [0.3, 0.4) is 0 Å². The molecule has 2 amide bonds. The lowest BCUT2D eigenvalue weighted by Gasteiger charge is -2.17. The maximum Gasteiger partial charge on any atom is 0.228 e. The molecule has 1 aliphatic rings. The molecule has 2 unspecified atom stereocenters. The second-order valence-corrected chi connectivity index (χ2v) is 7.18. The van der Waals surface area contributed by atoms with Gasteiger partial charge in [-0.3, -0.25) is 19.6 Å². The fraction of sp³-hybridized carbons (Fsp3) is 0.273. The fourth-order valence-corrected chi connectivity index (χ4v) is 3.43. The summed E-state index contributed by atoms with van der Waals surface area (Å²) < 4.78 is 0. The van der Waals surface area contributed by atoms with Crippen molar-refractivity contribution in [1.29, 1.82) is 0 Å². The number of benzene rings is 1. The standard InChI is InChI=1S/C22H22N4O2/c1-26(13-9-15-7-11-23-12-8-15)22(28)18-14-17(18)21(27)25-19-6-2-4-16-5-3-10-24-20(16)19/h2-8,10-12,17-18H,9,13-14H2,1H3,(H,25,27). The van der Waals surface area contributed by atoms with Gasteiger partial charge in [0.05, 0.1) is 23.0 Å². The minimum Gasteiger partial charge on any atom is -0.345 e. The number of rotatable bonds is 6. The molecule has 2 aromatic heterocycles. The molecule has 6 heteroatoms. The van der Waals surface area contributed by atoms with Crippen LogP contribution >= 0.6 is 0 Å². The van der Waals surface area contributed by atoms with E-state index in [2.05, 4.69) is 15.3 Å². The van der Waals surface area contributed by atoms with Crippen molar-refractivity contribution in [2.75, 3.05) is 18.9 Å². The lowest BCUT2D eigenvalue weighted by Crippen LogP contribution is -2.31. The van der Waals surface area contributed by atoms with Crippen molar-refractivity contribution in [2.45, 2.75) is 12.8 Å². The van der Waals surface area contributed by atoms with Crippen molar-refractivity contribution in [1.82, 2.24) is 14.9 Å². The number of nitrogens with one attached hydrogen (secondary N) is 1. The monoisotopic (exact) mass is 374 g/mol. The summed E-state index contributed by atoms with van der Waals surface area (Å²) in [5.74, 6) is -0.579. The molecule has 1 saturated carbocycles. The molecule has 1 aromatic carbocycles. The Labute approximate surface area is 163 Å². The maximum atomic E-state index is 12.6. The minimum absolute atomic E-state index is 0.0326. The first-order valence-electron chi connectivity index (χ1n) is 9.42. The van der Waals surface area contributed by atoms with E-state index in [0.29, 0.717) is 18.7 Å². The van der Waals surface area contributed by atoms with Gasteiger partial charge in [0.2, 0.25) is 11.8 Å². The molecular weight excluding hydrogens is 352 g/mol. The zero-order chi connectivity index (χ0) is 19.5. The summed E-state index contributed by atoms with van der Waals surface area (Å²) in [6.45, 7) is 0.626. The molecule has 2 heterocycles. The summed E-state index contributed by atoms with van der Waals surface area (Å²) >= 11 is 0. The van der Waals surface area contributed by atoms with Crippen molar-refractivity contribution < 1.29 is 9.59 Å². The van der Waals surface area contributed by atoms with E-state index >= 15 is 0 Å². The van der Waals surface area contributed by atoms with E-state index in [9.17, 15) is 9.59 Å². The van der Waals surface area contributed by atoms with Gasteiger partial charge in [0.15, 0.2) is 0 Å². The summed E-state index contributed by atoms with van der Waals surface area (Å²) in [4.78, 5) is 35.3. The number of carbonyl (C=O) groups is 2. The molecule has 3 aromatic rings. The van der Waals surface area contributed by atoms with E-state index < -0.39 is 0 Å². The van der Waals surface area contributed by atoms with E-state index in [0.717, 1.165) is 22.9 Å². The molecule has 0 radical (unpaired) electrons.